The van der Waals surface area contributed by atoms with Gasteiger partial charge in [0.1, 0.15) is 0 Å². The Kier molecular flexibility index (Phi) is 3.51. The standard InChI is InChI=1S/C26H18NP/c1-2-10-18(11-3-1)28-23-16-8-5-13-20(23)25-19-12-4-7-15-22(19)27-26(25)21-14-6-9-17-24(21)28/h1-17,27H. The van der Waals surface area contributed by atoms with Crippen LogP contribution >= 0.6 is 7.92 Å². The van der Waals surface area contributed by atoms with Gasteiger partial charge >= 0.3 is 0 Å². The fraction of sp³-hybridized carbons (Fsp3) is 0. The van der Waals surface area contributed by atoms with E-state index in [1.807, 2.05) is 0 Å². The highest BCUT2D eigenvalue weighted by Gasteiger charge is 2.29. The van der Waals surface area contributed by atoms with E-state index in [1.54, 1.807) is 0 Å². The van der Waals surface area contributed by atoms with Gasteiger partial charge in [0.25, 0.3) is 0 Å². The van der Waals surface area contributed by atoms with Crippen molar-refractivity contribution in [2.45, 2.75) is 0 Å². The fourth-order valence-electron chi connectivity index (χ4n) is 4.37. The van der Waals surface area contributed by atoms with E-state index in [2.05, 4.69) is 108 Å². The lowest BCUT2D eigenvalue weighted by Crippen LogP contribution is -2.21. The summed E-state index contributed by atoms with van der Waals surface area (Å²) in [6.45, 7) is 0. The van der Waals surface area contributed by atoms with Crippen molar-refractivity contribution in [2.75, 3.05) is 0 Å². The van der Waals surface area contributed by atoms with Crippen LogP contribution in [-0.2, 0) is 0 Å². The summed E-state index contributed by atoms with van der Waals surface area (Å²) in [5.41, 5.74) is 6.44. The molecule has 28 heavy (non-hydrogen) atoms. The number of rotatable bonds is 1. The van der Waals surface area contributed by atoms with Crippen LogP contribution in [0.3, 0.4) is 0 Å². The molecule has 0 saturated heterocycles. The molecule has 1 N–H and O–H groups in total. The number of fused-ring (bicyclic) bond motifs is 7. The third kappa shape index (κ3) is 2.24. The molecule has 1 unspecified atom stereocenters. The van der Waals surface area contributed by atoms with Crippen molar-refractivity contribution >= 4 is 34.7 Å². The molecule has 5 aromatic rings. The van der Waals surface area contributed by atoms with E-state index in [4.69, 9.17) is 0 Å². The highest BCUT2D eigenvalue weighted by Crippen LogP contribution is 2.47. The first-order valence-corrected chi connectivity index (χ1v) is 10.9. The Morgan fingerprint density at radius 1 is 0.536 bits per heavy atom. The number of aromatic amines is 1. The average Bonchev–Trinajstić information content (AvgIpc) is 3.09. The van der Waals surface area contributed by atoms with Crippen molar-refractivity contribution in [3.8, 4) is 22.4 Å². The van der Waals surface area contributed by atoms with Crippen molar-refractivity contribution in [3.05, 3.63) is 103 Å². The van der Waals surface area contributed by atoms with Crippen molar-refractivity contribution in [1.29, 1.82) is 0 Å². The van der Waals surface area contributed by atoms with Gasteiger partial charge in [0, 0.05) is 22.0 Å². The Hall–Kier alpha value is -3.15. The molecular weight excluding hydrogens is 357 g/mol. The van der Waals surface area contributed by atoms with Crippen LogP contribution in [0, 0.1) is 0 Å². The molecule has 1 nitrogen and oxygen atoms in total. The molecule has 4 aromatic carbocycles. The van der Waals surface area contributed by atoms with Crippen molar-refractivity contribution in [3.63, 3.8) is 0 Å². The van der Waals surface area contributed by atoms with Gasteiger partial charge in [-0.2, -0.15) is 0 Å². The monoisotopic (exact) mass is 375 g/mol. The van der Waals surface area contributed by atoms with E-state index >= 15 is 0 Å². The minimum Gasteiger partial charge on any atom is -0.354 e. The van der Waals surface area contributed by atoms with Crippen molar-refractivity contribution < 1.29 is 0 Å². The summed E-state index contributed by atoms with van der Waals surface area (Å²) in [5, 5.41) is 5.54. The van der Waals surface area contributed by atoms with E-state index in [1.165, 1.54) is 49.2 Å². The van der Waals surface area contributed by atoms with E-state index in [-0.39, 0.29) is 0 Å². The zero-order chi connectivity index (χ0) is 18.5. The van der Waals surface area contributed by atoms with Crippen LogP contribution in [-0.4, -0.2) is 4.98 Å². The lowest BCUT2D eigenvalue weighted by Gasteiger charge is -2.21. The van der Waals surface area contributed by atoms with Gasteiger partial charge in [-0.05, 0) is 35.5 Å². The van der Waals surface area contributed by atoms with E-state index in [0.29, 0.717) is 0 Å². The Morgan fingerprint density at radius 3 is 1.96 bits per heavy atom. The first kappa shape index (κ1) is 15.9. The summed E-state index contributed by atoms with van der Waals surface area (Å²) >= 11 is 0. The maximum absolute atomic E-state index is 3.74. The summed E-state index contributed by atoms with van der Waals surface area (Å²) in [6, 6.07) is 37.5. The van der Waals surface area contributed by atoms with Crippen LogP contribution in [0.25, 0.3) is 33.3 Å². The van der Waals surface area contributed by atoms with Crippen LogP contribution in [0.1, 0.15) is 0 Å². The van der Waals surface area contributed by atoms with Gasteiger partial charge in [0.05, 0.1) is 5.69 Å². The molecule has 0 aliphatic carbocycles. The summed E-state index contributed by atoms with van der Waals surface area (Å²) in [7, 11) is -0.621. The highest BCUT2D eigenvalue weighted by molar-refractivity contribution is 7.80. The quantitative estimate of drug-likeness (QED) is 0.362. The minimum absolute atomic E-state index is 0.621. The number of benzene rings is 4. The Bertz CT molecular complexity index is 1320. The minimum atomic E-state index is -0.621. The molecule has 0 saturated carbocycles. The lowest BCUT2D eigenvalue weighted by atomic mass is 9.98. The number of H-pyrrole nitrogens is 1. The van der Waals surface area contributed by atoms with Crippen LogP contribution in [0.15, 0.2) is 103 Å². The summed E-state index contributed by atoms with van der Waals surface area (Å²) in [6.07, 6.45) is 0. The molecule has 0 radical (unpaired) electrons. The largest absolute Gasteiger partial charge is 0.354 e. The zero-order valence-corrected chi connectivity index (χ0v) is 16.2. The van der Waals surface area contributed by atoms with E-state index in [9.17, 15) is 0 Å². The number of nitrogens with one attached hydrogen (secondary N) is 1. The third-order valence-electron chi connectivity index (χ3n) is 5.55. The smallest absolute Gasteiger partial charge is 0.0551 e. The van der Waals surface area contributed by atoms with Crippen LogP contribution < -0.4 is 15.9 Å². The predicted molar refractivity (Wildman–Crippen MR) is 121 cm³/mol. The maximum Gasteiger partial charge on any atom is 0.0551 e. The normalized spacial score (nSPS) is 14.8. The molecule has 0 bridgehead atoms. The second-order valence-corrected chi connectivity index (χ2v) is 9.28. The molecule has 1 aliphatic heterocycles. The van der Waals surface area contributed by atoms with Crippen LogP contribution in [0.2, 0.25) is 0 Å². The van der Waals surface area contributed by atoms with Crippen LogP contribution in [0.4, 0.5) is 0 Å². The van der Waals surface area contributed by atoms with E-state index in [0.717, 1.165) is 0 Å². The third-order valence-corrected chi connectivity index (χ3v) is 8.11. The zero-order valence-electron chi connectivity index (χ0n) is 15.3. The number of para-hydroxylation sites is 1. The second kappa shape index (κ2) is 6.19. The molecular formula is C26H18NP. The maximum atomic E-state index is 3.74. The van der Waals surface area contributed by atoms with Crippen molar-refractivity contribution in [1.82, 2.24) is 4.98 Å². The van der Waals surface area contributed by atoms with E-state index < -0.39 is 7.92 Å². The molecule has 1 aromatic heterocycles. The summed E-state index contributed by atoms with van der Waals surface area (Å²) in [4.78, 5) is 3.74. The molecule has 132 valence electrons. The Balaban J connectivity index is 1.79. The Morgan fingerprint density at radius 2 is 1.14 bits per heavy atom. The molecule has 2 heteroatoms. The highest BCUT2D eigenvalue weighted by atomic mass is 31.1. The topological polar surface area (TPSA) is 15.8 Å². The van der Waals surface area contributed by atoms with Crippen LogP contribution in [0.5, 0.6) is 0 Å². The number of hydrogen-bond donors (Lipinski definition) is 1. The molecule has 0 spiro atoms. The van der Waals surface area contributed by atoms with Gasteiger partial charge in [-0.15, -0.1) is 0 Å². The van der Waals surface area contributed by atoms with Gasteiger partial charge in [-0.3, -0.25) is 0 Å². The molecule has 0 fully saturated rings. The van der Waals surface area contributed by atoms with Gasteiger partial charge in [0.15, 0.2) is 0 Å². The lowest BCUT2D eigenvalue weighted by molar-refractivity contribution is 1.46. The molecule has 1 atom stereocenters. The average molecular weight is 375 g/mol. The van der Waals surface area contributed by atoms with Gasteiger partial charge in [-0.25, -0.2) is 0 Å². The first-order chi connectivity index (χ1) is 13.9. The molecule has 1 aliphatic rings. The predicted octanol–water partition coefficient (Wildman–Crippen LogP) is 5.57. The number of aromatic nitrogens is 1. The number of hydrogen-bond acceptors (Lipinski definition) is 0. The summed E-state index contributed by atoms with van der Waals surface area (Å²) < 4.78 is 0. The summed E-state index contributed by atoms with van der Waals surface area (Å²) in [5.74, 6) is 0. The SMILES string of the molecule is c1ccc(P2c3ccccc3-c3[nH]c4ccccc4c3-c3ccccc32)cc1. The first-order valence-electron chi connectivity index (χ1n) is 9.56. The molecule has 6 rings (SSSR count). The molecule has 0 amide bonds. The van der Waals surface area contributed by atoms with Gasteiger partial charge in [0.2, 0.25) is 0 Å². The second-order valence-electron chi connectivity index (χ2n) is 7.13. The van der Waals surface area contributed by atoms with Gasteiger partial charge in [-0.1, -0.05) is 97.1 Å². The fourth-order valence-corrected chi connectivity index (χ4v) is 6.98. The Labute approximate surface area is 165 Å². The van der Waals surface area contributed by atoms with Gasteiger partial charge < -0.3 is 4.98 Å². The van der Waals surface area contributed by atoms with Crippen molar-refractivity contribution in [2.24, 2.45) is 0 Å². The molecule has 2 heterocycles.